The first-order valence-electron chi connectivity index (χ1n) is 34.2. The first kappa shape index (κ1) is 76.3. The molecule has 0 bridgehead atoms. The first-order chi connectivity index (χ1) is 40.1. The van der Waals surface area contributed by atoms with Crippen molar-refractivity contribution in [2.45, 2.75) is 370 Å². The molecular formula is C68H127NO13. The smallest absolute Gasteiger partial charge is 0.220 e. The molecule has 0 aliphatic carbocycles. The van der Waals surface area contributed by atoms with Crippen LogP contribution < -0.4 is 5.32 Å². The molecule has 2 heterocycles. The van der Waals surface area contributed by atoms with E-state index in [0.29, 0.717) is 12.8 Å². The molecule has 0 aromatic heterocycles. The summed E-state index contributed by atoms with van der Waals surface area (Å²) in [6.07, 6.45) is 50.7. The highest BCUT2D eigenvalue weighted by Crippen LogP contribution is 2.30. The number of aliphatic hydroxyl groups is 8. The average Bonchev–Trinajstić information content (AvgIpc) is 3.67. The predicted octanol–water partition coefficient (Wildman–Crippen LogP) is 13.3. The standard InChI is InChI=1S/C68H127NO13/c1-3-5-7-9-11-13-15-17-19-21-23-24-25-26-27-28-29-30-31-32-33-34-36-38-40-42-44-46-48-50-52-60(73)69-56(57(72)51-49-47-45-43-41-39-37-35-22-20-18-16-14-12-10-8-6-4-2)55-79-67-65(78)63(76)66(59(54-71)81-67)82-68-64(77)62(75)61(74)58(53-70)80-68/h22,35,41,43,49,51,56-59,61-68,70-72,74-78H,3-21,23-34,36-40,42,44-48,50,52-55H2,1-2H3,(H,69,73)/b35-22+,43-41+,51-49+. The van der Waals surface area contributed by atoms with Crippen LogP contribution in [0.15, 0.2) is 36.5 Å². The van der Waals surface area contributed by atoms with Crippen LogP contribution in [0.5, 0.6) is 0 Å². The molecule has 2 saturated heterocycles. The van der Waals surface area contributed by atoms with E-state index in [-0.39, 0.29) is 18.9 Å². The summed E-state index contributed by atoms with van der Waals surface area (Å²) in [4.78, 5) is 13.3. The number of hydrogen-bond donors (Lipinski definition) is 9. The molecule has 0 radical (unpaired) electrons. The van der Waals surface area contributed by atoms with Crippen LogP contribution in [-0.2, 0) is 23.7 Å². The highest BCUT2D eigenvalue weighted by Gasteiger charge is 2.51. The first-order valence-corrected chi connectivity index (χ1v) is 34.2. The van der Waals surface area contributed by atoms with Gasteiger partial charge in [-0.3, -0.25) is 4.79 Å². The van der Waals surface area contributed by atoms with Crippen molar-refractivity contribution in [1.82, 2.24) is 5.32 Å². The average molecular weight is 1170 g/mol. The normalized spacial score (nSPS) is 24.1. The lowest BCUT2D eigenvalue weighted by molar-refractivity contribution is -0.359. The molecule has 2 aliphatic rings. The minimum absolute atomic E-state index is 0.248. The van der Waals surface area contributed by atoms with Crippen molar-refractivity contribution >= 4 is 5.91 Å². The van der Waals surface area contributed by atoms with Crippen LogP contribution in [0, 0.1) is 0 Å². The van der Waals surface area contributed by atoms with Crippen LogP contribution >= 0.6 is 0 Å². The highest BCUT2D eigenvalue weighted by atomic mass is 16.7. The number of unbranched alkanes of at least 4 members (excludes halogenated alkanes) is 39. The van der Waals surface area contributed by atoms with E-state index in [0.717, 1.165) is 44.9 Å². The quantitative estimate of drug-likeness (QED) is 0.0204. The van der Waals surface area contributed by atoms with Gasteiger partial charge in [-0.1, -0.05) is 281 Å². The number of allylic oxidation sites excluding steroid dienone is 5. The van der Waals surface area contributed by atoms with Gasteiger partial charge < -0.3 is 65.1 Å². The molecule has 1 amide bonds. The van der Waals surface area contributed by atoms with Gasteiger partial charge in [0.1, 0.15) is 48.8 Å². The van der Waals surface area contributed by atoms with Crippen molar-refractivity contribution in [3.8, 4) is 0 Å². The van der Waals surface area contributed by atoms with Crippen molar-refractivity contribution in [2.75, 3.05) is 19.8 Å². The lowest BCUT2D eigenvalue weighted by atomic mass is 9.97. The molecule has 2 rings (SSSR count). The maximum atomic E-state index is 13.3. The molecule has 2 aliphatic heterocycles. The Labute approximate surface area is 500 Å². The summed E-state index contributed by atoms with van der Waals surface area (Å²) in [6.45, 7) is 2.81. The van der Waals surface area contributed by atoms with Gasteiger partial charge in [0.05, 0.1) is 32.0 Å². The predicted molar refractivity (Wildman–Crippen MR) is 332 cm³/mol. The molecule has 82 heavy (non-hydrogen) atoms. The molecule has 0 aromatic rings. The Balaban J connectivity index is 1.67. The molecule has 14 heteroatoms. The maximum absolute atomic E-state index is 13.3. The van der Waals surface area contributed by atoms with Crippen LogP contribution in [0.3, 0.4) is 0 Å². The number of carbonyl (C=O) groups excluding carboxylic acids is 1. The summed E-state index contributed by atoms with van der Waals surface area (Å²) < 4.78 is 22.8. The number of rotatable bonds is 56. The molecule has 9 N–H and O–H groups in total. The Morgan fingerprint density at radius 3 is 1.20 bits per heavy atom. The third kappa shape index (κ3) is 37.7. The zero-order valence-electron chi connectivity index (χ0n) is 52.2. The third-order valence-electron chi connectivity index (χ3n) is 16.8. The number of aliphatic hydroxyl groups excluding tert-OH is 8. The van der Waals surface area contributed by atoms with Crippen LogP contribution in [-0.4, -0.2) is 140 Å². The lowest BCUT2D eigenvalue weighted by Crippen LogP contribution is -2.65. The van der Waals surface area contributed by atoms with Gasteiger partial charge in [-0.25, -0.2) is 0 Å². The van der Waals surface area contributed by atoms with E-state index >= 15 is 0 Å². The summed E-state index contributed by atoms with van der Waals surface area (Å²) in [5.41, 5.74) is 0. The van der Waals surface area contributed by atoms with Gasteiger partial charge in [-0.05, 0) is 44.9 Å². The Morgan fingerprint density at radius 1 is 0.427 bits per heavy atom. The summed E-state index contributed by atoms with van der Waals surface area (Å²) >= 11 is 0. The zero-order valence-corrected chi connectivity index (χ0v) is 52.2. The summed E-state index contributed by atoms with van der Waals surface area (Å²) in [5.74, 6) is -0.248. The largest absolute Gasteiger partial charge is 0.394 e. The van der Waals surface area contributed by atoms with E-state index in [1.54, 1.807) is 6.08 Å². The van der Waals surface area contributed by atoms with Crippen molar-refractivity contribution in [3.05, 3.63) is 36.5 Å². The summed E-state index contributed by atoms with van der Waals surface area (Å²) in [5, 5.41) is 87.3. The van der Waals surface area contributed by atoms with Gasteiger partial charge in [0.15, 0.2) is 12.6 Å². The van der Waals surface area contributed by atoms with E-state index in [9.17, 15) is 45.6 Å². The van der Waals surface area contributed by atoms with Gasteiger partial charge in [-0.2, -0.15) is 0 Å². The SMILES string of the molecule is CCCCCCCCCC/C=C/CC/C=C/CC/C=C/C(O)C(COC1OC(CO)C(OC2OC(CO)C(O)C(O)C2O)C(O)C1O)NC(=O)CCCCCCCCCCCCCCCCCCCCCCCCCCCCCCCC. The van der Waals surface area contributed by atoms with Crippen molar-refractivity contribution < 1.29 is 64.6 Å². The Bertz CT molecular complexity index is 1510. The van der Waals surface area contributed by atoms with E-state index in [4.69, 9.17) is 18.9 Å². The van der Waals surface area contributed by atoms with Crippen LogP contribution in [0.25, 0.3) is 0 Å². The number of hydrogen-bond acceptors (Lipinski definition) is 13. The maximum Gasteiger partial charge on any atom is 0.220 e. The minimum Gasteiger partial charge on any atom is -0.394 e. The van der Waals surface area contributed by atoms with Crippen molar-refractivity contribution in [2.24, 2.45) is 0 Å². The van der Waals surface area contributed by atoms with Gasteiger partial charge in [0.25, 0.3) is 0 Å². The second-order valence-electron chi connectivity index (χ2n) is 24.3. The Kier molecular flexibility index (Phi) is 49.7. The van der Waals surface area contributed by atoms with Gasteiger partial charge >= 0.3 is 0 Å². The number of amides is 1. The summed E-state index contributed by atoms with van der Waals surface area (Å²) in [6, 6.07) is -0.936. The lowest BCUT2D eigenvalue weighted by Gasteiger charge is -2.46. The molecule has 0 spiro atoms. The highest BCUT2D eigenvalue weighted by molar-refractivity contribution is 5.76. The van der Waals surface area contributed by atoms with Crippen LogP contribution in [0.4, 0.5) is 0 Å². The van der Waals surface area contributed by atoms with Crippen molar-refractivity contribution in [1.29, 1.82) is 0 Å². The fourth-order valence-corrected chi connectivity index (χ4v) is 11.3. The van der Waals surface area contributed by atoms with E-state index in [2.05, 4.69) is 43.5 Å². The van der Waals surface area contributed by atoms with Crippen molar-refractivity contribution in [3.63, 3.8) is 0 Å². The van der Waals surface area contributed by atoms with Crippen LogP contribution in [0.2, 0.25) is 0 Å². The second-order valence-corrected chi connectivity index (χ2v) is 24.3. The number of carbonyl (C=O) groups is 1. The van der Waals surface area contributed by atoms with Gasteiger partial charge in [-0.15, -0.1) is 0 Å². The fraction of sp³-hybridized carbons (Fsp3) is 0.897. The van der Waals surface area contributed by atoms with E-state index in [1.807, 2.05) is 6.08 Å². The molecule has 0 aromatic carbocycles. The number of ether oxygens (including phenoxy) is 4. The minimum atomic E-state index is -1.79. The van der Waals surface area contributed by atoms with Gasteiger partial charge in [0, 0.05) is 6.42 Å². The molecule has 0 saturated carbocycles. The Hall–Kier alpha value is -1.79. The molecule has 12 atom stereocenters. The molecule has 14 nitrogen and oxygen atoms in total. The van der Waals surface area contributed by atoms with Gasteiger partial charge in [0.2, 0.25) is 5.91 Å². The Morgan fingerprint density at radius 2 is 0.780 bits per heavy atom. The van der Waals surface area contributed by atoms with E-state index in [1.165, 1.54) is 218 Å². The molecule has 2 fully saturated rings. The monoisotopic (exact) mass is 1170 g/mol. The second kappa shape index (κ2) is 53.4. The summed E-state index contributed by atoms with van der Waals surface area (Å²) in [7, 11) is 0. The molecule has 12 unspecified atom stereocenters. The zero-order chi connectivity index (χ0) is 59.5. The fourth-order valence-electron chi connectivity index (χ4n) is 11.3. The third-order valence-corrected chi connectivity index (χ3v) is 16.8. The topological polar surface area (TPSA) is 228 Å². The number of nitrogens with one attached hydrogen (secondary N) is 1. The molecular weight excluding hydrogens is 1040 g/mol. The van der Waals surface area contributed by atoms with E-state index < -0.39 is 86.8 Å². The molecule has 482 valence electrons. The van der Waals surface area contributed by atoms with Crippen LogP contribution in [0.1, 0.15) is 296 Å².